The number of ether oxygens (including phenoxy) is 1. The Kier molecular flexibility index (Phi) is 7.57. The molecule has 0 saturated heterocycles. The Morgan fingerprint density at radius 1 is 1.47 bits per heavy atom. The molecule has 0 aliphatic carbocycles. The Morgan fingerprint density at radius 2 is 2.13 bits per heavy atom. The van der Waals surface area contributed by atoms with Gasteiger partial charge in [-0.05, 0) is 26.8 Å². The minimum atomic E-state index is -0.831. The molecule has 0 heterocycles. The molecule has 15 heavy (non-hydrogen) atoms. The zero-order valence-electron chi connectivity index (χ0n) is 9.21. The number of imide groups is 1. The van der Waals surface area contributed by atoms with Crippen LogP contribution in [0.3, 0.4) is 0 Å². The first-order chi connectivity index (χ1) is 7.07. The van der Waals surface area contributed by atoms with E-state index in [1.807, 2.05) is 12.2 Å². The first kappa shape index (κ1) is 13.9. The van der Waals surface area contributed by atoms with Crippen LogP contribution >= 0.6 is 0 Å². The van der Waals surface area contributed by atoms with Gasteiger partial charge in [0, 0.05) is 13.2 Å². The summed E-state index contributed by atoms with van der Waals surface area (Å²) in [5, 5.41) is 4.95. The number of carbonyl (C=O) groups excluding carboxylic acids is 2. The maximum Gasteiger partial charge on any atom is 0.318 e. The van der Waals surface area contributed by atoms with Gasteiger partial charge in [0.2, 0.25) is 5.91 Å². The molecule has 0 fully saturated rings. The molecule has 0 aromatic heterocycles. The summed E-state index contributed by atoms with van der Waals surface area (Å²) in [6.07, 6.45) is 0.821. The summed E-state index contributed by atoms with van der Waals surface area (Å²) in [4.78, 5) is 21.5. The fourth-order valence-corrected chi connectivity index (χ4v) is 0.960. The van der Waals surface area contributed by atoms with E-state index in [2.05, 4.69) is 5.32 Å². The Bertz CT molecular complexity index is 209. The predicted molar refractivity (Wildman–Crippen MR) is 56.3 cm³/mol. The maximum absolute atomic E-state index is 11.2. The third-order valence-corrected chi connectivity index (χ3v) is 1.76. The molecule has 0 aliphatic rings. The zero-order chi connectivity index (χ0) is 11.7. The SMILES string of the molecule is CCOCCCNC(C)C(=O)NC(N)=O. The molecule has 3 amide bonds. The molecule has 0 radical (unpaired) electrons. The number of hydrogen-bond acceptors (Lipinski definition) is 4. The van der Waals surface area contributed by atoms with Crippen molar-refractivity contribution >= 4 is 11.9 Å². The number of urea groups is 1. The largest absolute Gasteiger partial charge is 0.382 e. The van der Waals surface area contributed by atoms with E-state index in [-0.39, 0.29) is 0 Å². The summed E-state index contributed by atoms with van der Waals surface area (Å²) in [5.41, 5.74) is 4.81. The van der Waals surface area contributed by atoms with Crippen molar-refractivity contribution in [3.05, 3.63) is 0 Å². The molecular formula is C9H19N3O3. The van der Waals surface area contributed by atoms with Gasteiger partial charge in [0.25, 0.3) is 0 Å². The van der Waals surface area contributed by atoms with E-state index in [4.69, 9.17) is 10.5 Å². The molecular weight excluding hydrogens is 198 g/mol. The lowest BCUT2D eigenvalue weighted by Gasteiger charge is -2.12. The van der Waals surface area contributed by atoms with Gasteiger partial charge in [0.05, 0.1) is 6.04 Å². The number of hydrogen-bond donors (Lipinski definition) is 3. The molecule has 6 heteroatoms. The number of amides is 3. The van der Waals surface area contributed by atoms with Crippen molar-refractivity contribution in [3.63, 3.8) is 0 Å². The number of carbonyl (C=O) groups is 2. The van der Waals surface area contributed by atoms with E-state index in [0.717, 1.165) is 6.42 Å². The summed E-state index contributed by atoms with van der Waals surface area (Å²) in [5.74, 6) is -0.418. The first-order valence-electron chi connectivity index (χ1n) is 4.99. The van der Waals surface area contributed by atoms with Gasteiger partial charge in [-0.15, -0.1) is 0 Å². The maximum atomic E-state index is 11.2. The van der Waals surface area contributed by atoms with Crippen LogP contribution in [0.5, 0.6) is 0 Å². The van der Waals surface area contributed by atoms with Crippen molar-refractivity contribution in [1.82, 2.24) is 10.6 Å². The van der Waals surface area contributed by atoms with E-state index in [1.165, 1.54) is 0 Å². The summed E-state index contributed by atoms with van der Waals surface area (Å²) in [6, 6.07) is -1.26. The number of nitrogens with two attached hydrogens (primary N) is 1. The van der Waals surface area contributed by atoms with Crippen LogP contribution < -0.4 is 16.4 Å². The van der Waals surface area contributed by atoms with Crippen LogP contribution in [0.25, 0.3) is 0 Å². The number of rotatable bonds is 7. The monoisotopic (exact) mass is 217 g/mol. The molecule has 4 N–H and O–H groups in total. The second-order valence-corrected chi connectivity index (χ2v) is 3.08. The van der Waals surface area contributed by atoms with Gasteiger partial charge in [-0.1, -0.05) is 0 Å². The van der Waals surface area contributed by atoms with Crippen LogP contribution in [0.15, 0.2) is 0 Å². The standard InChI is InChI=1S/C9H19N3O3/c1-3-15-6-4-5-11-7(2)8(13)12-9(10)14/h7,11H,3-6H2,1-2H3,(H3,10,12,13,14). The van der Waals surface area contributed by atoms with E-state index in [1.54, 1.807) is 6.92 Å². The molecule has 88 valence electrons. The average Bonchev–Trinajstić information content (AvgIpc) is 2.16. The van der Waals surface area contributed by atoms with Crippen LogP contribution in [-0.2, 0) is 9.53 Å². The lowest BCUT2D eigenvalue weighted by molar-refractivity contribution is -0.121. The van der Waals surface area contributed by atoms with Gasteiger partial charge in [0.15, 0.2) is 0 Å². The van der Waals surface area contributed by atoms with Gasteiger partial charge in [-0.3, -0.25) is 10.1 Å². The van der Waals surface area contributed by atoms with Crippen LogP contribution in [0.1, 0.15) is 20.3 Å². The topological polar surface area (TPSA) is 93.4 Å². The fraction of sp³-hybridized carbons (Fsp3) is 0.778. The molecule has 0 spiro atoms. The highest BCUT2D eigenvalue weighted by atomic mass is 16.5. The molecule has 0 aliphatic heterocycles. The van der Waals surface area contributed by atoms with Crippen molar-refractivity contribution in [1.29, 1.82) is 0 Å². The Hall–Kier alpha value is -1.14. The van der Waals surface area contributed by atoms with Crippen LogP contribution in [0.2, 0.25) is 0 Å². The highest BCUT2D eigenvalue weighted by Gasteiger charge is 2.12. The van der Waals surface area contributed by atoms with Gasteiger partial charge >= 0.3 is 6.03 Å². The minimum absolute atomic E-state index is 0.418. The van der Waals surface area contributed by atoms with Crippen molar-refractivity contribution in [2.24, 2.45) is 5.73 Å². The van der Waals surface area contributed by atoms with Crippen LogP contribution in [0.4, 0.5) is 4.79 Å². The highest BCUT2D eigenvalue weighted by Crippen LogP contribution is 1.85. The molecule has 0 aromatic carbocycles. The lowest BCUT2D eigenvalue weighted by atomic mass is 10.3. The number of nitrogens with one attached hydrogen (secondary N) is 2. The Morgan fingerprint density at radius 3 is 2.67 bits per heavy atom. The molecule has 0 rings (SSSR count). The fourth-order valence-electron chi connectivity index (χ4n) is 0.960. The molecule has 0 bridgehead atoms. The van der Waals surface area contributed by atoms with Gasteiger partial charge < -0.3 is 15.8 Å². The second kappa shape index (κ2) is 8.19. The average molecular weight is 217 g/mol. The third kappa shape index (κ3) is 7.90. The predicted octanol–water partition coefficient (Wildman–Crippen LogP) is -0.414. The van der Waals surface area contributed by atoms with E-state index in [0.29, 0.717) is 19.8 Å². The smallest absolute Gasteiger partial charge is 0.318 e. The molecule has 0 aromatic rings. The zero-order valence-corrected chi connectivity index (χ0v) is 9.21. The summed E-state index contributed by atoms with van der Waals surface area (Å²) in [6.45, 7) is 5.61. The van der Waals surface area contributed by atoms with Crippen LogP contribution in [-0.4, -0.2) is 37.7 Å². The minimum Gasteiger partial charge on any atom is -0.382 e. The molecule has 6 nitrogen and oxygen atoms in total. The molecule has 0 saturated carbocycles. The quantitative estimate of drug-likeness (QED) is 0.505. The van der Waals surface area contributed by atoms with Gasteiger partial charge in [-0.2, -0.15) is 0 Å². The van der Waals surface area contributed by atoms with Crippen LogP contribution in [0, 0.1) is 0 Å². The van der Waals surface area contributed by atoms with Crippen molar-refractivity contribution < 1.29 is 14.3 Å². The van der Waals surface area contributed by atoms with Gasteiger partial charge in [0.1, 0.15) is 0 Å². The highest BCUT2D eigenvalue weighted by molar-refractivity contribution is 5.96. The Labute approximate surface area is 89.5 Å². The molecule has 1 atom stereocenters. The Balaban J connectivity index is 3.51. The first-order valence-corrected chi connectivity index (χ1v) is 4.99. The summed E-state index contributed by atoms with van der Waals surface area (Å²) in [7, 11) is 0. The van der Waals surface area contributed by atoms with Gasteiger partial charge in [-0.25, -0.2) is 4.79 Å². The lowest BCUT2D eigenvalue weighted by Crippen LogP contribution is -2.46. The molecule has 1 unspecified atom stereocenters. The van der Waals surface area contributed by atoms with E-state index in [9.17, 15) is 9.59 Å². The number of primary amides is 1. The van der Waals surface area contributed by atoms with Crippen molar-refractivity contribution in [2.45, 2.75) is 26.3 Å². The van der Waals surface area contributed by atoms with E-state index < -0.39 is 18.0 Å². The van der Waals surface area contributed by atoms with E-state index >= 15 is 0 Å². The second-order valence-electron chi connectivity index (χ2n) is 3.08. The summed E-state index contributed by atoms with van der Waals surface area (Å²) >= 11 is 0. The normalized spacial score (nSPS) is 12.1. The third-order valence-electron chi connectivity index (χ3n) is 1.76. The summed E-state index contributed by atoms with van der Waals surface area (Å²) < 4.78 is 5.13. The van der Waals surface area contributed by atoms with Crippen molar-refractivity contribution in [2.75, 3.05) is 19.8 Å². The van der Waals surface area contributed by atoms with Crippen molar-refractivity contribution in [3.8, 4) is 0 Å².